The summed E-state index contributed by atoms with van der Waals surface area (Å²) in [5.41, 5.74) is 2.63. The first kappa shape index (κ1) is 16.7. The van der Waals surface area contributed by atoms with Crippen molar-refractivity contribution in [2.24, 2.45) is 4.99 Å². The maximum absolute atomic E-state index is 6.01. The lowest BCUT2D eigenvalue weighted by molar-refractivity contribution is 0.484. The molecule has 2 aromatic carbocycles. The van der Waals surface area contributed by atoms with Crippen LogP contribution in [0.2, 0.25) is 0 Å². The number of aliphatic imine (C=N–C) groups is 1. The molecule has 25 heavy (non-hydrogen) atoms. The Balaban J connectivity index is 1.83. The van der Waals surface area contributed by atoms with E-state index in [4.69, 9.17) is 4.74 Å². The fourth-order valence-corrected chi connectivity index (χ4v) is 2.25. The van der Waals surface area contributed by atoms with Crippen molar-refractivity contribution >= 4 is 12.0 Å². The van der Waals surface area contributed by atoms with E-state index in [-0.39, 0.29) is 0 Å². The molecule has 1 aromatic heterocycles. The summed E-state index contributed by atoms with van der Waals surface area (Å²) in [5.74, 6) is 1.59. The standard InChI is InChI=1S/C21H21N3O/c1-3-24(2)16-23-17-13-14-20(22-15-17)19-11-7-8-12-21(19)25-18-9-5-4-6-10-18/h4-16H,3H2,1-2H3. The van der Waals surface area contributed by atoms with E-state index in [0.29, 0.717) is 0 Å². The zero-order valence-electron chi connectivity index (χ0n) is 14.5. The van der Waals surface area contributed by atoms with E-state index in [1.807, 2.05) is 85.0 Å². The van der Waals surface area contributed by atoms with Gasteiger partial charge in [-0.2, -0.15) is 0 Å². The normalized spacial score (nSPS) is 10.8. The second-order valence-electron chi connectivity index (χ2n) is 5.63. The molecular weight excluding hydrogens is 310 g/mol. The number of pyridine rings is 1. The van der Waals surface area contributed by atoms with Crippen molar-refractivity contribution in [3.63, 3.8) is 0 Å². The lowest BCUT2D eigenvalue weighted by atomic mass is 10.1. The minimum Gasteiger partial charge on any atom is -0.457 e. The summed E-state index contributed by atoms with van der Waals surface area (Å²) in [6.45, 7) is 3.00. The smallest absolute Gasteiger partial charge is 0.136 e. The van der Waals surface area contributed by atoms with Crippen LogP contribution < -0.4 is 4.74 Å². The number of hydrogen-bond acceptors (Lipinski definition) is 3. The fourth-order valence-electron chi connectivity index (χ4n) is 2.25. The van der Waals surface area contributed by atoms with Crippen LogP contribution in [0.3, 0.4) is 0 Å². The lowest BCUT2D eigenvalue weighted by Crippen LogP contribution is -2.14. The Hall–Kier alpha value is -3.14. The van der Waals surface area contributed by atoms with Crippen molar-refractivity contribution in [3.05, 3.63) is 72.9 Å². The van der Waals surface area contributed by atoms with Gasteiger partial charge in [0.05, 0.1) is 23.9 Å². The molecule has 0 fully saturated rings. The summed E-state index contributed by atoms with van der Waals surface area (Å²) in [5, 5.41) is 0. The predicted octanol–water partition coefficient (Wildman–Crippen LogP) is 5.15. The number of nitrogens with zero attached hydrogens (tertiary/aromatic N) is 3. The maximum Gasteiger partial charge on any atom is 0.136 e. The van der Waals surface area contributed by atoms with Crippen molar-refractivity contribution in [1.29, 1.82) is 0 Å². The van der Waals surface area contributed by atoms with E-state index in [1.165, 1.54) is 0 Å². The third-order valence-corrected chi connectivity index (χ3v) is 3.78. The third-order valence-electron chi connectivity index (χ3n) is 3.78. The molecule has 0 unspecified atom stereocenters. The first-order valence-electron chi connectivity index (χ1n) is 8.29. The zero-order valence-corrected chi connectivity index (χ0v) is 14.5. The maximum atomic E-state index is 6.01. The van der Waals surface area contributed by atoms with Gasteiger partial charge in [-0.15, -0.1) is 0 Å². The molecule has 4 nitrogen and oxygen atoms in total. The predicted molar refractivity (Wildman–Crippen MR) is 103 cm³/mol. The van der Waals surface area contributed by atoms with Gasteiger partial charge in [0.1, 0.15) is 11.5 Å². The molecule has 0 saturated heterocycles. The topological polar surface area (TPSA) is 37.7 Å². The van der Waals surface area contributed by atoms with Crippen molar-refractivity contribution in [2.45, 2.75) is 6.92 Å². The molecule has 3 rings (SSSR count). The number of ether oxygens (including phenoxy) is 1. The molecule has 0 aliphatic heterocycles. The minimum absolute atomic E-state index is 0.781. The van der Waals surface area contributed by atoms with Crippen LogP contribution in [0.1, 0.15) is 6.92 Å². The van der Waals surface area contributed by atoms with Crippen LogP contribution in [0.25, 0.3) is 11.3 Å². The van der Waals surface area contributed by atoms with Crippen LogP contribution in [-0.2, 0) is 0 Å². The first-order chi connectivity index (χ1) is 12.3. The fraction of sp³-hybridized carbons (Fsp3) is 0.143. The van der Waals surface area contributed by atoms with Gasteiger partial charge in [-0.25, -0.2) is 4.99 Å². The van der Waals surface area contributed by atoms with Gasteiger partial charge in [0.2, 0.25) is 0 Å². The van der Waals surface area contributed by atoms with Gasteiger partial charge in [-0.1, -0.05) is 30.3 Å². The number of rotatable bonds is 6. The monoisotopic (exact) mass is 331 g/mol. The largest absolute Gasteiger partial charge is 0.457 e. The molecule has 0 amide bonds. The van der Waals surface area contributed by atoms with Crippen molar-refractivity contribution in [2.75, 3.05) is 13.6 Å². The highest BCUT2D eigenvalue weighted by molar-refractivity contribution is 5.69. The summed E-state index contributed by atoms with van der Waals surface area (Å²) >= 11 is 0. The Morgan fingerprint density at radius 1 is 1.00 bits per heavy atom. The summed E-state index contributed by atoms with van der Waals surface area (Å²) in [7, 11) is 1.99. The Morgan fingerprint density at radius 2 is 1.76 bits per heavy atom. The molecule has 0 spiro atoms. The second-order valence-corrected chi connectivity index (χ2v) is 5.63. The molecule has 0 aliphatic carbocycles. The van der Waals surface area contributed by atoms with Crippen LogP contribution in [0, 0.1) is 0 Å². The van der Waals surface area contributed by atoms with Gasteiger partial charge in [0.15, 0.2) is 0 Å². The highest BCUT2D eigenvalue weighted by atomic mass is 16.5. The number of hydrogen-bond donors (Lipinski definition) is 0. The molecule has 0 saturated carbocycles. The molecular formula is C21H21N3O. The Labute approximate surface area is 148 Å². The van der Waals surface area contributed by atoms with Gasteiger partial charge in [0, 0.05) is 19.2 Å². The van der Waals surface area contributed by atoms with E-state index in [1.54, 1.807) is 6.20 Å². The Bertz CT molecular complexity index is 829. The number of aromatic nitrogens is 1. The highest BCUT2D eigenvalue weighted by Gasteiger charge is 2.08. The van der Waals surface area contributed by atoms with E-state index >= 15 is 0 Å². The van der Waals surface area contributed by atoms with Crippen LogP contribution in [0.15, 0.2) is 77.9 Å². The highest BCUT2D eigenvalue weighted by Crippen LogP contribution is 2.32. The quantitative estimate of drug-likeness (QED) is 0.463. The summed E-state index contributed by atoms with van der Waals surface area (Å²) < 4.78 is 6.01. The van der Waals surface area contributed by atoms with Gasteiger partial charge in [0.25, 0.3) is 0 Å². The van der Waals surface area contributed by atoms with E-state index in [9.17, 15) is 0 Å². The molecule has 0 bridgehead atoms. The third kappa shape index (κ3) is 4.44. The molecule has 0 atom stereocenters. The van der Waals surface area contributed by atoms with Crippen molar-refractivity contribution < 1.29 is 4.74 Å². The molecule has 1 heterocycles. The molecule has 4 heteroatoms. The average molecular weight is 331 g/mol. The first-order valence-corrected chi connectivity index (χ1v) is 8.29. The summed E-state index contributed by atoms with van der Waals surface area (Å²) in [6.07, 6.45) is 3.58. The zero-order chi connectivity index (χ0) is 17.5. The molecule has 0 radical (unpaired) electrons. The van der Waals surface area contributed by atoms with Crippen LogP contribution in [0.4, 0.5) is 5.69 Å². The van der Waals surface area contributed by atoms with E-state index in [0.717, 1.165) is 35.0 Å². The van der Waals surface area contributed by atoms with E-state index < -0.39 is 0 Å². The summed E-state index contributed by atoms with van der Waals surface area (Å²) in [6, 6.07) is 21.6. The lowest BCUT2D eigenvalue weighted by Gasteiger charge is -2.11. The van der Waals surface area contributed by atoms with E-state index in [2.05, 4.69) is 16.9 Å². The van der Waals surface area contributed by atoms with Crippen LogP contribution >= 0.6 is 0 Å². The Kier molecular flexibility index (Phi) is 5.42. The average Bonchev–Trinajstić information content (AvgIpc) is 2.68. The van der Waals surface area contributed by atoms with Gasteiger partial charge >= 0.3 is 0 Å². The summed E-state index contributed by atoms with van der Waals surface area (Å²) in [4.78, 5) is 11.0. The SMILES string of the molecule is CCN(C)C=Nc1ccc(-c2ccccc2Oc2ccccc2)nc1. The van der Waals surface area contributed by atoms with Crippen molar-refractivity contribution in [3.8, 4) is 22.8 Å². The van der Waals surface area contributed by atoms with Gasteiger partial charge in [-0.3, -0.25) is 4.98 Å². The van der Waals surface area contributed by atoms with Crippen LogP contribution in [-0.4, -0.2) is 29.8 Å². The number of para-hydroxylation sites is 2. The van der Waals surface area contributed by atoms with Crippen molar-refractivity contribution in [1.82, 2.24) is 9.88 Å². The minimum atomic E-state index is 0.781. The molecule has 126 valence electrons. The second kappa shape index (κ2) is 8.11. The molecule has 3 aromatic rings. The molecule has 0 N–H and O–H groups in total. The Morgan fingerprint density at radius 3 is 2.48 bits per heavy atom. The molecule has 0 aliphatic rings. The number of benzene rings is 2. The van der Waals surface area contributed by atoms with Crippen LogP contribution in [0.5, 0.6) is 11.5 Å². The van der Waals surface area contributed by atoms with Gasteiger partial charge < -0.3 is 9.64 Å². The van der Waals surface area contributed by atoms with Gasteiger partial charge in [-0.05, 0) is 43.3 Å².